The third-order valence-corrected chi connectivity index (χ3v) is 2.86. The Hall–Kier alpha value is -1.82. The molecule has 0 amide bonds. The molecule has 0 saturated carbocycles. The molecule has 2 heterocycles. The Labute approximate surface area is 112 Å². The predicted octanol–water partition coefficient (Wildman–Crippen LogP) is 1.85. The second kappa shape index (κ2) is 6.94. The van der Waals surface area contributed by atoms with Gasteiger partial charge in [-0.3, -0.25) is 4.98 Å². The monoisotopic (exact) mass is 261 g/mol. The Bertz CT molecular complexity index is 485. The first-order valence-electron chi connectivity index (χ1n) is 6.65. The number of rotatable bonds is 7. The van der Waals surface area contributed by atoms with Gasteiger partial charge in [-0.2, -0.15) is 4.98 Å². The second-order valence-electron chi connectivity index (χ2n) is 4.37. The molecule has 2 aromatic heterocycles. The zero-order valence-corrected chi connectivity index (χ0v) is 11.3. The standard InChI is InChI=1S/C13H19N5O/c1-3-5-15-10(4-2)8-12-17-13(18-19-12)11-9-14-6-7-16-11/h6-7,9-10,15H,3-5,8H2,1-2H3. The predicted molar refractivity (Wildman–Crippen MR) is 71.4 cm³/mol. The van der Waals surface area contributed by atoms with E-state index in [4.69, 9.17) is 4.52 Å². The molecule has 0 aliphatic rings. The van der Waals surface area contributed by atoms with Crippen molar-refractivity contribution < 1.29 is 4.52 Å². The number of hydrogen-bond acceptors (Lipinski definition) is 6. The van der Waals surface area contributed by atoms with Gasteiger partial charge in [0.1, 0.15) is 5.69 Å². The van der Waals surface area contributed by atoms with E-state index in [1.807, 2.05) is 0 Å². The lowest BCUT2D eigenvalue weighted by Crippen LogP contribution is -2.31. The Kier molecular flexibility index (Phi) is 4.97. The topological polar surface area (TPSA) is 76.7 Å². The fraction of sp³-hybridized carbons (Fsp3) is 0.538. The highest BCUT2D eigenvalue weighted by Gasteiger charge is 2.14. The average Bonchev–Trinajstić information content (AvgIpc) is 2.93. The Morgan fingerprint density at radius 3 is 2.89 bits per heavy atom. The van der Waals surface area contributed by atoms with Crippen molar-refractivity contribution in [3.8, 4) is 11.5 Å². The quantitative estimate of drug-likeness (QED) is 0.819. The highest BCUT2D eigenvalue weighted by Crippen LogP contribution is 2.12. The van der Waals surface area contributed by atoms with E-state index in [-0.39, 0.29) is 0 Å². The van der Waals surface area contributed by atoms with Crippen LogP contribution in [0.4, 0.5) is 0 Å². The lowest BCUT2D eigenvalue weighted by molar-refractivity contribution is 0.354. The van der Waals surface area contributed by atoms with Crippen molar-refractivity contribution in [2.45, 2.75) is 39.2 Å². The molecule has 0 radical (unpaired) electrons. The van der Waals surface area contributed by atoms with Gasteiger partial charge >= 0.3 is 0 Å². The Morgan fingerprint density at radius 2 is 2.21 bits per heavy atom. The Balaban J connectivity index is 2.01. The highest BCUT2D eigenvalue weighted by molar-refractivity contribution is 5.45. The average molecular weight is 261 g/mol. The molecule has 19 heavy (non-hydrogen) atoms. The first-order valence-corrected chi connectivity index (χ1v) is 6.65. The first kappa shape index (κ1) is 13.6. The van der Waals surface area contributed by atoms with Crippen LogP contribution in [0.3, 0.4) is 0 Å². The van der Waals surface area contributed by atoms with Gasteiger partial charge < -0.3 is 9.84 Å². The van der Waals surface area contributed by atoms with E-state index in [1.54, 1.807) is 18.6 Å². The summed E-state index contributed by atoms with van der Waals surface area (Å²) in [5, 5.41) is 7.40. The van der Waals surface area contributed by atoms with Crippen molar-refractivity contribution >= 4 is 0 Å². The van der Waals surface area contributed by atoms with Crippen molar-refractivity contribution in [1.29, 1.82) is 0 Å². The number of nitrogens with zero attached hydrogens (tertiary/aromatic N) is 4. The van der Waals surface area contributed by atoms with Crippen molar-refractivity contribution in [3.05, 3.63) is 24.5 Å². The molecule has 1 N–H and O–H groups in total. The van der Waals surface area contributed by atoms with Crippen molar-refractivity contribution in [1.82, 2.24) is 25.4 Å². The maximum atomic E-state index is 5.26. The van der Waals surface area contributed by atoms with Gasteiger partial charge in [-0.1, -0.05) is 19.0 Å². The zero-order valence-electron chi connectivity index (χ0n) is 11.3. The van der Waals surface area contributed by atoms with Crippen molar-refractivity contribution in [2.24, 2.45) is 0 Å². The van der Waals surface area contributed by atoms with Gasteiger partial charge in [0.25, 0.3) is 0 Å². The molecule has 6 nitrogen and oxygen atoms in total. The molecule has 6 heteroatoms. The van der Waals surface area contributed by atoms with E-state index in [0.29, 0.717) is 23.5 Å². The van der Waals surface area contributed by atoms with Gasteiger partial charge in [-0.25, -0.2) is 4.98 Å². The van der Waals surface area contributed by atoms with E-state index in [1.165, 1.54) is 0 Å². The van der Waals surface area contributed by atoms with Gasteiger partial charge in [-0.15, -0.1) is 0 Å². The summed E-state index contributed by atoms with van der Waals surface area (Å²) in [6, 6.07) is 0.370. The number of hydrogen-bond donors (Lipinski definition) is 1. The molecule has 0 saturated heterocycles. The van der Waals surface area contributed by atoms with Crippen molar-refractivity contribution in [2.75, 3.05) is 6.54 Å². The molecule has 102 valence electrons. The summed E-state index contributed by atoms with van der Waals surface area (Å²) in [6.45, 7) is 5.30. The largest absolute Gasteiger partial charge is 0.339 e. The summed E-state index contributed by atoms with van der Waals surface area (Å²) >= 11 is 0. The summed E-state index contributed by atoms with van der Waals surface area (Å²) < 4.78 is 5.26. The summed E-state index contributed by atoms with van der Waals surface area (Å²) in [5.74, 6) is 1.13. The molecule has 0 aliphatic carbocycles. The molecule has 0 aromatic carbocycles. The van der Waals surface area contributed by atoms with Crippen LogP contribution in [0.5, 0.6) is 0 Å². The molecule has 0 aliphatic heterocycles. The van der Waals surface area contributed by atoms with Gasteiger partial charge in [-0.05, 0) is 19.4 Å². The molecule has 2 aromatic rings. The fourth-order valence-electron chi connectivity index (χ4n) is 1.78. The molecule has 1 atom stereocenters. The van der Waals surface area contributed by atoms with Crippen LogP contribution in [0.15, 0.2) is 23.1 Å². The SMILES string of the molecule is CCCNC(CC)Cc1nc(-c2cnccn2)no1. The molecule has 0 bridgehead atoms. The van der Waals surface area contributed by atoms with Crippen LogP contribution in [-0.2, 0) is 6.42 Å². The Morgan fingerprint density at radius 1 is 1.32 bits per heavy atom. The summed E-state index contributed by atoms with van der Waals surface area (Å²) in [5.41, 5.74) is 0.632. The smallest absolute Gasteiger partial charge is 0.228 e. The molecular formula is C13H19N5O. The maximum absolute atomic E-state index is 5.26. The number of nitrogens with one attached hydrogen (secondary N) is 1. The van der Waals surface area contributed by atoms with Crippen LogP contribution in [0.25, 0.3) is 11.5 Å². The van der Waals surface area contributed by atoms with Crippen LogP contribution < -0.4 is 5.32 Å². The number of aromatic nitrogens is 4. The molecule has 0 spiro atoms. The van der Waals surface area contributed by atoms with E-state index < -0.39 is 0 Å². The zero-order chi connectivity index (χ0) is 13.5. The molecule has 0 fully saturated rings. The van der Waals surface area contributed by atoms with E-state index in [0.717, 1.165) is 25.8 Å². The van der Waals surface area contributed by atoms with Gasteiger partial charge in [0.15, 0.2) is 0 Å². The molecule has 2 rings (SSSR count). The molecular weight excluding hydrogens is 242 g/mol. The van der Waals surface area contributed by atoms with E-state index in [9.17, 15) is 0 Å². The van der Waals surface area contributed by atoms with Gasteiger partial charge in [0.2, 0.25) is 11.7 Å². The first-order chi connectivity index (χ1) is 9.33. The molecule has 1 unspecified atom stereocenters. The van der Waals surface area contributed by atoms with Gasteiger partial charge in [0, 0.05) is 24.9 Å². The van der Waals surface area contributed by atoms with Crippen LogP contribution in [0.1, 0.15) is 32.6 Å². The van der Waals surface area contributed by atoms with Crippen LogP contribution in [0, 0.1) is 0 Å². The van der Waals surface area contributed by atoms with Crippen LogP contribution in [-0.4, -0.2) is 32.7 Å². The third kappa shape index (κ3) is 3.82. The summed E-state index contributed by atoms with van der Waals surface area (Å²) in [7, 11) is 0. The highest BCUT2D eigenvalue weighted by atomic mass is 16.5. The minimum atomic E-state index is 0.370. The lowest BCUT2D eigenvalue weighted by Gasteiger charge is -2.13. The van der Waals surface area contributed by atoms with E-state index >= 15 is 0 Å². The summed E-state index contributed by atoms with van der Waals surface area (Å²) in [4.78, 5) is 12.5. The van der Waals surface area contributed by atoms with Gasteiger partial charge in [0.05, 0.1) is 6.20 Å². The van der Waals surface area contributed by atoms with Crippen molar-refractivity contribution in [3.63, 3.8) is 0 Å². The second-order valence-corrected chi connectivity index (χ2v) is 4.37. The summed E-state index contributed by atoms with van der Waals surface area (Å²) in [6.07, 6.45) is 7.74. The maximum Gasteiger partial charge on any atom is 0.228 e. The minimum Gasteiger partial charge on any atom is -0.339 e. The van der Waals surface area contributed by atoms with Crippen LogP contribution in [0.2, 0.25) is 0 Å². The lowest BCUT2D eigenvalue weighted by atomic mass is 10.1. The fourth-order valence-corrected chi connectivity index (χ4v) is 1.78. The third-order valence-electron chi connectivity index (χ3n) is 2.86. The minimum absolute atomic E-state index is 0.370. The van der Waals surface area contributed by atoms with E-state index in [2.05, 4.69) is 39.3 Å². The van der Waals surface area contributed by atoms with Crippen LogP contribution >= 0.6 is 0 Å². The normalized spacial score (nSPS) is 12.5.